The number of hydrogen-bond donors (Lipinski definition) is 2. The van der Waals surface area contributed by atoms with Gasteiger partial charge in [0.05, 0.1) is 12.5 Å². The van der Waals surface area contributed by atoms with Gasteiger partial charge in [-0.1, -0.05) is 29.8 Å². The number of carbonyl (C=O) groups excluding carboxylic acids is 1. The summed E-state index contributed by atoms with van der Waals surface area (Å²) in [6.07, 6.45) is -0.520. The van der Waals surface area contributed by atoms with Gasteiger partial charge in [0, 0.05) is 17.1 Å². The third-order valence-corrected chi connectivity index (χ3v) is 3.91. The lowest BCUT2D eigenvalue weighted by Gasteiger charge is -2.15. The van der Waals surface area contributed by atoms with Crippen LogP contribution in [0, 0.1) is 5.82 Å². The Morgan fingerprint density at radius 1 is 1.33 bits per heavy atom. The van der Waals surface area contributed by atoms with Crippen LogP contribution in [-0.4, -0.2) is 11.0 Å². The van der Waals surface area contributed by atoms with Crippen LogP contribution >= 0.6 is 11.6 Å². The fraction of sp³-hybridized carbons (Fsp3) is 0.188. The van der Waals surface area contributed by atoms with E-state index >= 15 is 0 Å². The Kier molecular flexibility index (Phi) is 3.66. The largest absolute Gasteiger partial charge is 0.388 e. The van der Waals surface area contributed by atoms with Gasteiger partial charge in [0.1, 0.15) is 5.82 Å². The molecule has 1 heterocycles. The second kappa shape index (κ2) is 5.47. The molecule has 3 nitrogen and oxygen atoms in total. The van der Waals surface area contributed by atoms with E-state index in [-0.39, 0.29) is 24.6 Å². The average Bonchev–Trinajstić information content (AvgIpc) is 2.79. The highest BCUT2D eigenvalue weighted by molar-refractivity contribution is 6.32. The molecule has 108 valence electrons. The number of aliphatic hydroxyl groups excluding tert-OH is 1. The monoisotopic (exact) mass is 305 g/mol. The van der Waals surface area contributed by atoms with E-state index in [0.29, 0.717) is 21.8 Å². The van der Waals surface area contributed by atoms with E-state index in [2.05, 4.69) is 5.32 Å². The summed E-state index contributed by atoms with van der Waals surface area (Å²) >= 11 is 6.15. The van der Waals surface area contributed by atoms with Gasteiger partial charge in [0.25, 0.3) is 0 Å². The van der Waals surface area contributed by atoms with Crippen molar-refractivity contribution in [1.29, 1.82) is 0 Å². The smallest absolute Gasteiger partial charge is 0.228 e. The quantitative estimate of drug-likeness (QED) is 0.914. The molecule has 21 heavy (non-hydrogen) atoms. The van der Waals surface area contributed by atoms with Crippen LogP contribution < -0.4 is 5.32 Å². The molecular formula is C16H13ClFNO2. The predicted molar refractivity (Wildman–Crippen MR) is 78.8 cm³/mol. The molecule has 1 aliphatic rings. The highest BCUT2D eigenvalue weighted by atomic mass is 35.5. The van der Waals surface area contributed by atoms with Gasteiger partial charge in [-0.25, -0.2) is 4.39 Å². The zero-order valence-corrected chi connectivity index (χ0v) is 11.8. The maximum absolute atomic E-state index is 13.6. The van der Waals surface area contributed by atoms with Crippen LogP contribution in [0.25, 0.3) is 0 Å². The first-order chi connectivity index (χ1) is 10.0. The van der Waals surface area contributed by atoms with Gasteiger partial charge in [0.15, 0.2) is 0 Å². The number of amides is 1. The van der Waals surface area contributed by atoms with Gasteiger partial charge in [-0.2, -0.15) is 0 Å². The summed E-state index contributed by atoms with van der Waals surface area (Å²) < 4.78 is 13.6. The van der Waals surface area contributed by atoms with Crippen LogP contribution in [0.4, 0.5) is 10.1 Å². The van der Waals surface area contributed by atoms with Crippen LogP contribution in [-0.2, 0) is 17.6 Å². The van der Waals surface area contributed by atoms with E-state index in [1.165, 1.54) is 6.07 Å². The first kappa shape index (κ1) is 14.0. The molecule has 1 unspecified atom stereocenters. The van der Waals surface area contributed by atoms with Crippen molar-refractivity contribution in [3.05, 3.63) is 63.9 Å². The van der Waals surface area contributed by atoms with Gasteiger partial charge in [-0.05, 0) is 34.9 Å². The SMILES string of the molecule is O=C1Cc2cc(C(O)Cc3ccccc3F)c(Cl)cc2N1. The first-order valence-corrected chi connectivity index (χ1v) is 6.96. The van der Waals surface area contributed by atoms with Crippen molar-refractivity contribution >= 4 is 23.2 Å². The number of nitrogens with one attached hydrogen (secondary N) is 1. The molecule has 2 aromatic rings. The lowest BCUT2D eigenvalue weighted by molar-refractivity contribution is -0.115. The number of halogens is 2. The summed E-state index contributed by atoms with van der Waals surface area (Å²) in [5, 5.41) is 13.4. The Bertz CT molecular complexity index is 717. The summed E-state index contributed by atoms with van der Waals surface area (Å²) in [5.74, 6) is -0.451. The third kappa shape index (κ3) is 2.77. The topological polar surface area (TPSA) is 49.3 Å². The van der Waals surface area contributed by atoms with E-state index < -0.39 is 6.10 Å². The maximum atomic E-state index is 13.6. The molecule has 0 saturated carbocycles. The molecule has 0 spiro atoms. The first-order valence-electron chi connectivity index (χ1n) is 6.58. The van der Waals surface area contributed by atoms with Gasteiger partial charge in [-0.3, -0.25) is 4.79 Å². The molecule has 1 amide bonds. The number of anilines is 1. The predicted octanol–water partition coefficient (Wildman–Crippen LogP) is 3.25. The molecule has 1 aliphatic heterocycles. The Morgan fingerprint density at radius 2 is 2.10 bits per heavy atom. The second-order valence-corrected chi connectivity index (χ2v) is 5.47. The van der Waals surface area contributed by atoms with E-state index in [1.54, 1.807) is 30.3 Å². The van der Waals surface area contributed by atoms with E-state index in [4.69, 9.17) is 11.6 Å². The molecule has 2 N–H and O–H groups in total. The molecule has 0 aliphatic carbocycles. The normalized spacial score (nSPS) is 14.7. The summed E-state index contributed by atoms with van der Waals surface area (Å²) in [4.78, 5) is 11.4. The number of benzene rings is 2. The van der Waals surface area contributed by atoms with E-state index in [0.717, 1.165) is 5.56 Å². The second-order valence-electron chi connectivity index (χ2n) is 5.07. The fourth-order valence-electron chi connectivity index (χ4n) is 2.50. The van der Waals surface area contributed by atoms with Crippen LogP contribution in [0.5, 0.6) is 0 Å². The number of rotatable bonds is 3. The van der Waals surface area contributed by atoms with Crippen molar-refractivity contribution in [2.24, 2.45) is 0 Å². The van der Waals surface area contributed by atoms with Crippen LogP contribution in [0.1, 0.15) is 22.8 Å². The average molecular weight is 306 g/mol. The van der Waals surface area contributed by atoms with Gasteiger partial charge in [-0.15, -0.1) is 0 Å². The number of hydrogen-bond acceptors (Lipinski definition) is 2. The summed E-state index contributed by atoms with van der Waals surface area (Å²) in [6.45, 7) is 0. The minimum atomic E-state index is -0.921. The maximum Gasteiger partial charge on any atom is 0.228 e. The molecule has 0 fully saturated rings. The minimum absolute atomic E-state index is 0.0955. The molecule has 1 atom stereocenters. The Balaban J connectivity index is 1.89. The summed E-state index contributed by atoms with van der Waals surface area (Å²) in [6, 6.07) is 9.64. The van der Waals surface area contributed by atoms with Crippen LogP contribution in [0.15, 0.2) is 36.4 Å². The summed E-state index contributed by atoms with van der Waals surface area (Å²) in [5.41, 5.74) is 2.41. The molecule has 3 rings (SSSR count). The minimum Gasteiger partial charge on any atom is -0.388 e. The highest BCUT2D eigenvalue weighted by Gasteiger charge is 2.22. The fourth-order valence-corrected chi connectivity index (χ4v) is 2.79. The molecule has 0 aromatic heterocycles. The van der Waals surface area contributed by atoms with Gasteiger partial charge >= 0.3 is 0 Å². The molecule has 2 aromatic carbocycles. The van der Waals surface area contributed by atoms with Crippen LogP contribution in [0.3, 0.4) is 0 Å². The van der Waals surface area contributed by atoms with Gasteiger partial charge < -0.3 is 10.4 Å². The van der Waals surface area contributed by atoms with Crippen molar-refractivity contribution in [1.82, 2.24) is 0 Å². The van der Waals surface area contributed by atoms with Crippen molar-refractivity contribution in [3.63, 3.8) is 0 Å². The van der Waals surface area contributed by atoms with Crippen LogP contribution in [0.2, 0.25) is 5.02 Å². The van der Waals surface area contributed by atoms with Crippen molar-refractivity contribution in [2.75, 3.05) is 5.32 Å². The molecular weight excluding hydrogens is 293 g/mol. The Morgan fingerprint density at radius 3 is 2.86 bits per heavy atom. The van der Waals surface area contributed by atoms with Crippen molar-refractivity contribution in [3.8, 4) is 0 Å². The number of fused-ring (bicyclic) bond motifs is 1. The molecule has 5 heteroatoms. The van der Waals surface area contributed by atoms with E-state index in [1.807, 2.05) is 0 Å². The number of aliphatic hydroxyl groups is 1. The van der Waals surface area contributed by atoms with Crippen molar-refractivity contribution in [2.45, 2.75) is 18.9 Å². The van der Waals surface area contributed by atoms with Crippen molar-refractivity contribution < 1.29 is 14.3 Å². The van der Waals surface area contributed by atoms with E-state index in [9.17, 15) is 14.3 Å². The Labute approximate surface area is 126 Å². The number of carbonyl (C=O) groups is 1. The molecule has 0 radical (unpaired) electrons. The third-order valence-electron chi connectivity index (χ3n) is 3.58. The molecule has 0 bridgehead atoms. The lowest BCUT2D eigenvalue weighted by Crippen LogP contribution is -2.05. The van der Waals surface area contributed by atoms with Gasteiger partial charge in [0.2, 0.25) is 5.91 Å². The summed E-state index contributed by atoms with van der Waals surface area (Å²) in [7, 11) is 0. The standard InChI is InChI=1S/C16H13ClFNO2/c17-12-8-14-10(7-16(21)19-14)5-11(12)15(20)6-9-3-1-2-4-13(9)18/h1-5,8,15,20H,6-7H2,(H,19,21). The highest BCUT2D eigenvalue weighted by Crippen LogP contribution is 2.34. The molecule has 0 saturated heterocycles. The zero-order chi connectivity index (χ0) is 15.0. The lowest BCUT2D eigenvalue weighted by atomic mass is 9.98. The Hall–Kier alpha value is -1.91. The zero-order valence-electron chi connectivity index (χ0n) is 11.1.